The molecule has 180 valence electrons. The Balaban J connectivity index is 1.33. The molecular weight excluding hydrogens is 462 g/mol. The minimum atomic E-state index is -1.03. The molecule has 0 radical (unpaired) electrons. The number of amides is 1. The average Bonchev–Trinajstić information content (AvgIpc) is 3.17. The Bertz CT molecular complexity index is 1160. The van der Waals surface area contributed by atoms with Gasteiger partial charge in [-0.1, -0.05) is 29.8 Å². The molecule has 0 saturated carbocycles. The number of hydrogen-bond acceptors (Lipinski definition) is 4. The van der Waals surface area contributed by atoms with Crippen LogP contribution in [0.2, 0.25) is 0 Å². The van der Waals surface area contributed by atoms with Gasteiger partial charge >= 0.3 is 0 Å². The van der Waals surface area contributed by atoms with E-state index >= 15 is 0 Å². The molecule has 0 aliphatic carbocycles. The quantitative estimate of drug-likeness (QED) is 0.598. The van der Waals surface area contributed by atoms with Crippen LogP contribution in [0.4, 0.5) is 8.78 Å². The number of fused-ring (bicyclic) bond motifs is 1. The second-order valence-electron chi connectivity index (χ2n) is 9.34. The van der Waals surface area contributed by atoms with E-state index in [9.17, 15) is 18.7 Å². The van der Waals surface area contributed by atoms with Gasteiger partial charge in [0.25, 0.3) is 0 Å². The predicted octanol–water partition coefficient (Wildman–Crippen LogP) is 4.96. The molecule has 34 heavy (non-hydrogen) atoms. The Hall–Kier alpha value is -2.90. The van der Waals surface area contributed by atoms with E-state index in [1.54, 1.807) is 24.9 Å². The Labute approximate surface area is 202 Å². The van der Waals surface area contributed by atoms with Crippen molar-refractivity contribution in [2.45, 2.75) is 52.1 Å². The molecule has 2 aromatic rings. The SMILES string of the molecule is CC(C)(O)CC(=O)N1Cc2ccc(CN3C=C(Cl)C(OCc4ccc(F)cc4F)=CC3)cc2C1. The largest absolute Gasteiger partial charge is 0.487 e. The molecule has 5 nitrogen and oxygen atoms in total. The van der Waals surface area contributed by atoms with Crippen LogP contribution in [-0.4, -0.2) is 33.0 Å². The first-order chi connectivity index (χ1) is 16.1. The molecule has 4 rings (SSSR count). The summed E-state index contributed by atoms with van der Waals surface area (Å²) < 4.78 is 32.5. The molecule has 0 unspecified atom stereocenters. The summed E-state index contributed by atoms with van der Waals surface area (Å²) in [5, 5.41) is 10.3. The zero-order valence-electron chi connectivity index (χ0n) is 19.2. The Morgan fingerprint density at radius 2 is 1.91 bits per heavy atom. The van der Waals surface area contributed by atoms with Crippen LogP contribution in [0.25, 0.3) is 0 Å². The maximum Gasteiger partial charge on any atom is 0.226 e. The topological polar surface area (TPSA) is 53.0 Å². The second kappa shape index (κ2) is 9.76. The van der Waals surface area contributed by atoms with E-state index in [4.69, 9.17) is 16.3 Å². The Kier molecular flexibility index (Phi) is 6.96. The monoisotopic (exact) mass is 488 g/mol. The molecule has 0 atom stereocenters. The van der Waals surface area contributed by atoms with Crippen LogP contribution < -0.4 is 0 Å². The van der Waals surface area contributed by atoms with Gasteiger partial charge in [0.1, 0.15) is 24.0 Å². The van der Waals surface area contributed by atoms with Gasteiger partial charge in [0.2, 0.25) is 5.91 Å². The smallest absolute Gasteiger partial charge is 0.226 e. The van der Waals surface area contributed by atoms with Crippen molar-refractivity contribution in [3.05, 3.63) is 93.4 Å². The number of hydrogen-bond donors (Lipinski definition) is 1. The zero-order chi connectivity index (χ0) is 24.5. The van der Waals surface area contributed by atoms with E-state index in [0.717, 1.165) is 22.8 Å². The molecule has 0 fully saturated rings. The summed E-state index contributed by atoms with van der Waals surface area (Å²) in [6, 6.07) is 9.55. The van der Waals surface area contributed by atoms with Crippen LogP contribution in [0.3, 0.4) is 0 Å². The van der Waals surface area contributed by atoms with Crippen LogP contribution in [0.1, 0.15) is 42.5 Å². The first kappa shape index (κ1) is 24.2. The lowest BCUT2D eigenvalue weighted by molar-refractivity contribution is -0.135. The number of benzene rings is 2. The lowest BCUT2D eigenvalue weighted by Crippen LogP contribution is -2.33. The van der Waals surface area contributed by atoms with Gasteiger partial charge in [-0.25, -0.2) is 8.78 Å². The number of aliphatic hydroxyl groups is 1. The fraction of sp³-hybridized carbons (Fsp3) is 0.346. The van der Waals surface area contributed by atoms with Gasteiger partial charge in [-0.2, -0.15) is 0 Å². The molecule has 8 heteroatoms. The fourth-order valence-electron chi connectivity index (χ4n) is 4.05. The zero-order valence-corrected chi connectivity index (χ0v) is 19.9. The van der Waals surface area contributed by atoms with Gasteiger partial charge in [-0.3, -0.25) is 4.79 Å². The molecule has 2 aliphatic heterocycles. The lowest BCUT2D eigenvalue weighted by Gasteiger charge is -2.25. The first-order valence-corrected chi connectivity index (χ1v) is 11.4. The number of halogens is 3. The lowest BCUT2D eigenvalue weighted by atomic mass is 10.1. The van der Waals surface area contributed by atoms with E-state index in [1.165, 1.54) is 12.1 Å². The third-order valence-corrected chi connectivity index (χ3v) is 6.04. The van der Waals surface area contributed by atoms with Crippen molar-refractivity contribution < 1.29 is 23.4 Å². The van der Waals surface area contributed by atoms with Crippen LogP contribution in [0.15, 0.2) is 59.5 Å². The first-order valence-electron chi connectivity index (χ1n) is 11.1. The molecule has 0 saturated heterocycles. The van der Waals surface area contributed by atoms with Gasteiger partial charge in [0, 0.05) is 44.0 Å². The van der Waals surface area contributed by atoms with Crippen LogP contribution in [0.5, 0.6) is 0 Å². The minimum Gasteiger partial charge on any atom is -0.487 e. The van der Waals surface area contributed by atoms with Gasteiger partial charge in [0.05, 0.1) is 17.1 Å². The third kappa shape index (κ3) is 5.96. The third-order valence-electron chi connectivity index (χ3n) is 5.76. The molecule has 0 aromatic heterocycles. The van der Waals surface area contributed by atoms with Gasteiger partial charge < -0.3 is 19.6 Å². The van der Waals surface area contributed by atoms with Crippen molar-refractivity contribution in [3.8, 4) is 0 Å². The van der Waals surface area contributed by atoms with E-state index in [-0.39, 0.29) is 24.5 Å². The van der Waals surface area contributed by atoms with Crippen molar-refractivity contribution in [2.75, 3.05) is 6.54 Å². The number of rotatable bonds is 7. The minimum absolute atomic E-state index is 0.0461. The van der Waals surface area contributed by atoms with Crippen LogP contribution in [-0.2, 0) is 35.8 Å². The highest BCUT2D eigenvalue weighted by atomic mass is 35.5. The highest BCUT2D eigenvalue weighted by Gasteiger charge is 2.27. The molecule has 0 bridgehead atoms. The molecule has 2 aliphatic rings. The number of carbonyl (C=O) groups is 1. The molecule has 2 aromatic carbocycles. The molecule has 2 heterocycles. The summed E-state index contributed by atoms with van der Waals surface area (Å²) in [6.07, 6.45) is 3.70. The van der Waals surface area contributed by atoms with Gasteiger partial charge in [-0.15, -0.1) is 0 Å². The van der Waals surface area contributed by atoms with E-state index in [0.29, 0.717) is 37.0 Å². The normalized spacial score (nSPS) is 15.7. The molecule has 1 amide bonds. The highest BCUT2D eigenvalue weighted by Crippen LogP contribution is 2.28. The van der Waals surface area contributed by atoms with Crippen LogP contribution in [0, 0.1) is 11.6 Å². The highest BCUT2D eigenvalue weighted by molar-refractivity contribution is 6.31. The van der Waals surface area contributed by atoms with Crippen molar-refractivity contribution in [1.82, 2.24) is 9.80 Å². The van der Waals surface area contributed by atoms with Crippen molar-refractivity contribution >= 4 is 17.5 Å². The summed E-state index contributed by atoms with van der Waals surface area (Å²) in [5.41, 5.74) is 2.53. The van der Waals surface area contributed by atoms with E-state index in [2.05, 4.69) is 6.07 Å². The standard InChI is InChI=1S/C26H27ClF2N2O3/c1-26(2,33)11-25(32)31-13-18-4-3-17(9-20(18)14-31)12-30-8-7-24(22(27)15-30)34-16-19-5-6-21(28)10-23(19)29/h3-7,9-10,15,33H,8,11-14,16H2,1-2H3. The predicted molar refractivity (Wildman–Crippen MR) is 125 cm³/mol. The summed E-state index contributed by atoms with van der Waals surface area (Å²) in [4.78, 5) is 16.2. The van der Waals surface area contributed by atoms with E-state index in [1.807, 2.05) is 23.1 Å². The van der Waals surface area contributed by atoms with Crippen LogP contribution >= 0.6 is 11.6 Å². The second-order valence-corrected chi connectivity index (χ2v) is 9.75. The summed E-state index contributed by atoms with van der Waals surface area (Å²) in [5.74, 6) is -0.896. The Morgan fingerprint density at radius 1 is 1.15 bits per heavy atom. The van der Waals surface area contributed by atoms with Gasteiger partial charge in [0.15, 0.2) is 0 Å². The molecule has 0 spiro atoms. The summed E-state index contributed by atoms with van der Waals surface area (Å²) >= 11 is 6.38. The van der Waals surface area contributed by atoms with Crippen molar-refractivity contribution in [2.24, 2.45) is 0 Å². The van der Waals surface area contributed by atoms with E-state index < -0.39 is 17.2 Å². The molecule has 1 N–H and O–H groups in total. The van der Waals surface area contributed by atoms with Crippen molar-refractivity contribution in [3.63, 3.8) is 0 Å². The molecular formula is C26H27ClF2N2O3. The Morgan fingerprint density at radius 3 is 2.62 bits per heavy atom. The number of carbonyl (C=O) groups excluding carboxylic acids is 1. The number of allylic oxidation sites excluding steroid dienone is 1. The maximum absolute atomic E-state index is 13.8. The van der Waals surface area contributed by atoms with Crippen molar-refractivity contribution in [1.29, 1.82) is 0 Å². The fourth-order valence-corrected chi connectivity index (χ4v) is 4.32. The summed E-state index contributed by atoms with van der Waals surface area (Å²) in [6.45, 7) is 5.49. The summed E-state index contributed by atoms with van der Waals surface area (Å²) in [7, 11) is 0. The number of nitrogens with zero attached hydrogens (tertiary/aromatic N) is 2. The number of ether oxygens (including phenoxy) is 1. The maximum atomic E-state index is 13.8. The van der Waals surface area contributed by atoms with Gasteiger partial charge in [-0.05, 0) is 48.7 Å². The average molecular weight is 489 g/mol.